The summed E-state index contributed by atoms with van der Waals surface area (Å²) >= 11 is 0. The Bertz CT molecular complexity index is 314. The number of hydrogen-bond donors (Lipinski definition) is 1. The van der Waals surface area contributed by atoms with Crippen LogP contribution in [0.1, 0.15) is 32.1 Å². The van der Waals surface area contributed by atoms with Gasteiger partial charge in [0.2, 0.25) is 11.8 Å². The topological polar surface area (TPSA) is 49.4 Å². The quantitative estimate of drug-likeness (QED) is 0.721. The van der Waals surface area contributed by atoms with Crippen molar-refractivity contribution in [3.05, 3.63) is 0 Å². The number of imide groups is 1. The molecule has 2 amide bonds. The van der Waals surface area contributed by atoms with E-state index in [9.17, 15) is 9.59 Å². The van der Waals surface area contributed by atoms with Gasteiger partial charge in [0.15, 0.2) is 0 Å². The van der Waals surface area contributed by atoms with Gasteiger partial charge >= 0.3 is 0 Å². The van der Waals surface area contributed by atoms with Crippen LogP contribution in [0.15, 0.2) is 0 Å². The van der Waals surface area contributed by atoms with Crippen molar-refractivity contribution in [2.75, 3.05) is 19.6 Å². The summed E-state index contributed by atoms with van der Waals surface area (Å²) in [7, 11) is 0. The van der Waals surface area contributed by atoms with Gasteiger partial charge in [0.05, 0.1) is 11.8 Å². The van der Waals surface area contributed by atoms with Gasteiger partial charge in [-0.05, 0) is 44.7 Å². The second-order valence-electron chi connectivity index (χ2n) is 5.62. The maximum Gasteiger partial charge on any atom is 0.233 e. The molecular formula is C13H20N2O2. The van der Waals surface area contributed by atoms with Crippen molar-refractivity contribution in [2.45, 2.75) is 32.1 Å². The lowest BCUT2D eigenvalue weighted by Crippen LogP contribution is -2.39. The van der Waals surface area contributed by atoms with Gasteiger partial charge < -0.3 is 5.32 Å². The highest BCUT2D eigenvalue weighted by molar-refractivity contribution is 6.05. The van der Waals surface area contributed by atoms with E-state index in [4.69, 9.17) is 0 Å². The number of rotatable bonds is 2. The number of nitrogens with zero attached hydrogens (tertiary/aromatic N) is 1. The third-order valence-electron chi connectivity index (χ3n) is 4.58. The zero-order valence-corrected chi connectivity index (χ0v) is 10.2. The Balaban J connectivity index is 1.67. The number of likely N-dealkylation sites (tertiary alicyclic amines) is 1. The summed E-state index contributed by atoms with van der Waals surface area (Å²) in [6, 6.07) is 0. The predicted molar refractivity (Wildman–Crippen MR) is 63.1 cm³/mol. The number of amides is 2. The van der Waals surface area contributed by atoms with Gasteiger partial charge in [-0.15, -0.1) is 0 Å². The second-order valence-corrected chi connectivity index (χ2v) is 5.62. The molecule has 17 heavy (non-hydrogen) atoms. The zero-order valence-electron chi connectivity index (χ0n) is 10.2. The van der Waals surface area contributed by atoms with Crippen molar-refractivity contribution in [2.24, 2.45) is 17.8 Å². The molecule has 1 N–H and O–H groups in total. The molecule has 2 aliphatic heterocycles. The fourth-order valence-electron chi connectivity index (χ4n) is 3.56. The van der Waals surface area contributed by atoms with E-state index >= 15 is 0 Å². The van der Waals surface area contributed by atoms with Gasteiger partial charge in [-0.25, -0.2) is 0 Å². The van der Waals surface area contributed by atoms with Gasteiger partial charge in [0, 0.05) is 6.54 Å². The molecule has 3 aliphatic rings. The Morgan fingerprint density at radius 3 is 2.18 bits per heavy atom. The molecule has 0 spiro atoms. The normalized spacial score (nSPS) is 34.5. The minimum Gasteiger partial charge on any atom is -0.317 e. The Labute approximate surface area is 102 Å². The van der Waals surface area contributed by atoms with E-state index in [1.54, 1.807) is 4.90 Å². The molecule has 4 nitrogen and oxygen atoms in total. The van der Waals surface area contributed by atoms with Crippen LogP contribution in [-0.4, -0.2) is 36.3 Å². The molecule has 2 saturated heterocycles. The minimum absolute atomic E-state index is 0.0317. The predicted octanol–water partition coefficient (Wildman–Crippen LogP) is 0.771. The largest absolute Gasteiger partial charge is 0.317 e. The highest BCUT2D eigenvalue weighted by atomic mass is 16.2. The summed E-state index contributed by atoms with van der Waals surface area (Å²) in [4.78, 5) is 25.9. The van der Waals surface area contributed by atoms with Crippen LogP contribution in [0.5, 0.6) is 0 Å². The third-order valence-corrected chi connectivity index (χ3v) is 4.58. The molecular weight excluding hydrogens is 216 g/mol. The summed E-state index contributed by atoms with van der Waals surface area (Å²) in [6.07, 6.45) is 5.09. The smallest absolute Gasteiger partial charge is 0.233 e. The number of piperidine rings is 1. The lowest BCUT2D eigenvalue weighted by molar-refractivity contribution is -0.141. The molecule has 94 valence electrons. The molecule has 4 heteroatoms. The third kappa shape index (κ3) is 1.88. The van der Waals surface area contributed by atoms with Gasteiger partial charge in [0.1, 0.15) is 0 Å². The molecule has 2 unspecified atom stereocenters. The van der Waals surface area contributed by atoms with Crippen molar-refractivity contribution in [3.63, 3.8) is 0 Å². The Morgan fingerprint density at radius 1 is 1.00 bits per heavy atom. The average molecular weight is 236 g/mol. The zero-order chi connectivity index (χ0) is 11.8. The number of hydrogen-bond acceptors (Lipinski definition) is 3. The number of carbonyl (C=O) groups is 2. The molecule has 0 bridgehead atoms. The fraction of sp³-hybridized carbons (Fsp3) is 0.846. The van der Waals surface area contributed by atoms with Crippen LogP contribution in [0.3, 0.4) is 0 Å². The number of fused-ring (bicyclic) bond motifs is 1. The van der Waals surface area contributed by atoms with Crippen molar-refractivity contribution in [3.8, 4) is 0 Å². The van der Waals surface area contributed by atoms with Crippen LogP contribution in [0.25, 0.3) is 0 Å². The van der Waals surface area contributed by atoms with Crippen molar-refractivity contribution >= 4 is 11.8 Å². The first kappa shape index (κ1) is 11.2. The molecule has 0 aromatic carbocycles. The summed E-state index contributed by atoms with van der Waals surface area (Å²) in [6.45, 7) is 2.72. The van der Waals surface area contributed by atoms with Gasteiger partial charge in [-0.2, -0.15) is 0 Å². The van der Waals surface area contributed by atoms with E-state index in [0.717, 1.165) is 45.2 Å². The van der Waals surface area contributed by atoms with Crippen molar-refractivity contribution < 1.29 is 9.59 Å². The molecule has 0 aromatic heterocycles. The van der Waals surface area contributed by atoms with E-state index in [1.165, 1.54) is 0 Å². The van der Waals surface area contributed by atoms with E-state index < -0.39 is 0 Å². The molecule has 0 radical (unpaired) electrons. The van der Waals surface area contributed by atoms with Crippen LogP contribution >= 0.6 is 0 Å². The van der Waals surface area contributed by atoms with Gasteiger partial charge in [0.25, 0.3) is 0 Å². The molecule has 2 heterocycles. The second kappa shape index (κ2) is 4.41. The van der Waals surface area contributed by atoms with E-state index in [1.807, 2.05) is 0 Å². The Hall–Kier alpha value is -0.900. The SMILES string of the molecule is O=C1C2CCCC2C(=O)N1CC1CCNCC1. The first-order valence-corrected chi connectivity index (χ1v) is 6.83. The number of carbonyl (C=O) groups excluding carboxylic acids is 2. The lowest BCUT2D eigenvalue weighted by Gasteiger charge is -2.26. The van der Waals surface area contributed by atoms with Crippen LogP contribution in [0, 0.1) is 17.8 Å². The lowest BCUT2D eigenvalue weighted by atomic mass is 9.97. The van der Waals surface area contributed by atoms with Crippen LogP contribution in [0.4, 0.5) is 0 Å². The monoisotopic (exact) mass is 236 g/mol. The first-order chi connectivity index (χ1) is 8.27. The first-order valence-electron chi connectivity index (χ1n) is 6.83. The molecule has 1 aliphatic carbocycles. The Kier molecular flexibility index (Phi) is 2.90. The summed E-state index contributed by atoms with van der Waals surface area (Å²) in [5.41, 5.74) is 0. The molecule has 0 aromatic rings. The van der Waals surface area contributed by atoms with Gasteiger partial charge in [-0.1, -0.05) is 6.42 Å². The van der Waals surface area contributed by atoms with E-state index in [0.29, 0.717) is 12.5 Å². The molecule has 1 saturated carbocycles. The molecule has 3 rings (SSSR count). The van der Waals surface area contributed by atoms with Crippen LogP contribution < -0.4 is 5.32 Å². The van der Waals surface area contributed by atoms with Crippen LogP contribution in [0.2, 0.25) is 0 Å². The fourth-order valence-corrected chi connectivity index (χ4v) is 3.56. The molecule has 2 atom stereocenters. The highest BCUT2D eigenvalue weighted by Crippen LogP contribution is 2.40. The molecule has 3 fully saturated rings. The van der Waals surface area contributed by atoms with Crippen molar-refractivity contribution in [1.82, 2.24) is 10.2 Å². The highest BCUT2D eigenvalue weighted by Gasteiger charge is 2.49. The van der Waals surface area contributed by atoms with Gasteiger partial charge in [-0.3, -0.25) is 14.5 Å². The summed E-state index contributed by atoms with van der Waals surface area (Å²) in [5.74, 6) is 0.823. The van der Waals surface area contributed by atoms with Crippen LogP contribution in [-0.2, 0) is 9.59 Å². The average Bonchev–Trinajstić information content (AvgIpc) is 2.91. The van der Waals surface area contributed by atoms with E-state index in [2.05, 4.69) is 5.32 Å². The maximum absolute atomic E-state index is 12.2. The van der Waals surface area contributed by atoms with Crippen molar-refractivity contribution in [1.29, 1.82) is 0 Å². The Morgan fingerprint density at radius 2 is 1.59 bits per heavy atom. The standard InChI is InChI=1S/C13H20N2O2/c16-12-10-2-1-3-11(10)13(17)15(12)8-9-4-6-14-7-5-9/h9-11,14H,1-8H2. The maximum atomic E-state index is 12.2. The number of nitrogens with one attached hydrogen (secondary N) is 1. The summed E-state index contributed by atoms with van der Waals surface area (Å²) < 4.78 is 0. The van der Waals surface area contributed by atoms with E-state index in [-0.39, 0.29) is 23.7 Å². The summed E-state index contributed by atoms with van der Waals surface area (Å²) in [5, 5.41) is 3.31. The minimum atomic E-state index is 0.0317.